The maximum Gasteiger partial charge on any atom is 0.138 e. The molecule has 0 fully saturated rings. The van der Waals surface area contributed by atoms with Gasteiger partial charge < -0.3 is 5.32 Å². The molecule has 0 aliphatic rings. The predicted molar refractivity (Wildman–Crippen MR) is 90.0 cm³/mol. The molecule has 0 aliphatic carbocycles. The van der Waals surface area contributed by atoms with Crippen molar-refractivity contribution in [1.29, 1.82) is 0 Å². The van der Waals surface area contributed by atoms with Gasteiger partial charge in [-0.25, -0.2) is 4.98 Å². The summed E-state index contributed by atoms with van der Waals surface area (Å²) in [5.74, 6) is 0.995. The summed E-state index contributed by atoms with van der Waals surface area (Å²) in [7, 11) is 0. The Morgan fingerprint density at radius 2 is 2.20 bits per heavy atom. The van der Waals surface area contributed by atoms with Gasteiger partial charge in [0.1, 0.15) is 12.2 Å². The molecule has 0 bridgehead atoms. The average molecular weight is 405 g/mol. The van der Waals surface area contributed by atoms with E-state index in [1.54, 1.807) is 6.33 Å². The van der Waals surface area contributed by atoms with Crippen LogP contribution in [0.1, 0.15) is 31.3 Å². The largest absolute Gasteiger partial charge is 0.310 e. The molecular weight excluding hydrogens is 387 g/mol. The van der Waals surface area contributed by atoms with Crippen molar-refractivity contribution in [3.05, 3.63) is 44.5 Å². The number of nitrogens with one attached hydrogen (secondary N) is 1. The van der Waals surface area contributed by atoms with Crippen LogP contribution in [0, 0.1) is 3.57 Å². The van der Waals surface area contributed by atoms with Crippen LogP contribution >= 0.6 is 34.2 Å². The number of hydrogen-bond acceptors (Lipinski definition) is 3. The van der Waals surface area contributed by atoms with Gasteiger partial charge in [0.05, 0.1) is 0 Å². The van der Waals surface area contributed by atoms with E-state index in [1.807, 2.05) is 22.9 Å². The van der Waals surface area contributed by atoms with Crippen molar-refractivity contribution in [2.75, 3.05) is 6.54 Å². The van der Waals surface area contributed by atoms with E-state index in [-0.39, 0.29) is 6.04 Å². The molecule has 0 saturated heterocycles. The van der Waals surface area contributed by atoms with Gasteiger partial charge in [0.25, 0.3) is 0 Å². The van der Waals surface area contributed by atoms with Crippen LogP contribution in [0.2, 0.25) is 5.02 Å². The molecule has 0 radical (unpaired) electrons. The summed E-state index contributed by atoms with van der Waals surface area (Å²) in [4.78, 5) is 4.36. The van der Waals surface area contributed by atoms with Gasteiger partial charge in [0, 0.05) is 27.6 Å². The van der Waals surface area contributed by atoms with Crippen molar-refractivity contribution >= 4 is 34.2 Å². The minimum absolute atomic E-state index is 0.195. The molecule has 1 aromatic carbocycles. The second-order valence-corrected chi connectivity index (χ2v) is 6.07. The van der Waals surface area contributed by atoms with Gasteiger partial charge in [-0.2, -0.15) is 5.10 Å². The zero-order valence-corrected chi connectivity index (χ0v) is 14.5. The summed E-state index contributed by atoms with van der Waals surface area (Å²) in [5.41, 5.74) is 1.21. The zero-order valence-electron chi connectivity index (χ0n) is 11.6. The number of likely N-dealkylation sites (N-methyl/N-ethyl adjacent to an activating group) is 1. The van der Waals surface area contributed by atoms with Crippen molar-refractivity contribution in [2.24, 2.45) is 0 Å². The van der Waals surface area contributed by atoms with Gasteiger partial charge in [-0.05, 0) is 59.8 Å². The molecule has 2 aromatic rings. The van der Waals surface area contributed by atoms with E-state index in [0.717, 1.165) is 30.4 Å². The van der Waals surface area contributed by atoms with Crippen LogP contribution in [0.4, 0.5) is 0 Å². The Morgan fingerprint density at radius 1 is 1.40 bits per heavy atom. The molecule has 1 atom stereocenters. The Kier molecular flexibility index (Phi) is 5.80. The third kappa shape index (κ3) is 3.71. The maximum absolute atomic E-state index is 6.14. The standard InChI is InChI=1S/C14H18ClIN4/c1-3-17-13(8-14-18-9-19-20(14)4-2)11-7-10(15)5-6-12(11)16/h5-7,9,13,17H,3-4,8H2,1-2H3. The van der Waals surface area contributed by atoms with Crippen molar-refractivity contribution < 1.29 is 0 Å². The van der Waals surface area contributed by atoms with Crippen LogP contribution in [-0.2, 0) is 13.0 Å². The highest BCUT2D eigenvalue weighted by molar-refractivity contribution is 14.1. The first-order chi connectivity index (χ1) is 9.65. The summed E-state index contributed by atoms with van der Waals surface area (Å²) in [6.45, 7) is 5.91. The summed E-state index contributed by atoms with van der Waals surface area (Å²) >= 11 is 8.49. The van der Waals surface area contributed by atoms with Gasteiger partial charge in [0.15, 0.2) is 0 Å². The second-order valence-electron chi connectivity index (χ2n) is 4.47. The van der Waals surface area contributed by atoms with Crippen LogP contribution in [0.3, 0.4) is 0 Å². The van der Waals surface area contributed by atoms with Crippen LogP contribution < -0.4 is 5.32 Å². The maximum atomic E-state index is 6.14. The van der Waals surface area contributed by atoms with Crippen molar-refractivity contribution in [1.82, 2.24) is 20.1 Å². The molecule has 0 aliphatic heterocycles. The summed E-state index contributed by atoms with van der Waals surface area (Å²) in [5, 5.41) is 8.51. The second kappa shape index (κ2) is 7.38. The first-order valence-corrected chi connectivity index (χ1v) is 8.16. The van der Waals surface area contributed by atoms with E-state index in [9.17, 15) is 0 Å². The van der Waals surface area contributed by atoms with Crippen molar-refractivity contribution in [2.45, 2.75) is 32.9 Å². The van der Waals surface area contributed by atoms with Crippen LogP contribution in [-0.4, -0.2) is 21.3 Å². The fraction of sp³-hybridized carbons (Fsp3) is 0.429. The number of hydrogen-bond donors (Lipinski definition) is 1. The topological polar surface area (TPSA) is 42.7 Å². The molecule has 6 heteroatoms. The fourth-order valence-electron chi connectivity index (χ4n) is 2.21. The zero-order chi connectivity index (χ0) is 14.5. The van der Waals surface area contributed by atoms with Crippen LogP contribution in [0.15, 0.2) is 24.5 Å². The highest BCUT2D eigenvalue weighted by Gasteiger charge is 2.17. The van der Waals surface area contributed by atoms with Crippen molar-refractivity contribution in [3.8, 4) is 0 Å². The molecule has 1 unspecified atom stereocenters. The Hall–Kier alpha value is -0.660. The molecular formula is C14H18ClIN4. The Bertz CT molecular complexity index is 570. The third-order valence-electron chi connectivity index (χ3n) is 3.17. The molecule has 0 amide bonds. The highest BCUT2D eigenvalue weighted by atomic mass is 127. The van der Waals surface area contributed by atoms with Crippen molar-refractivity contribution in [3.63, 3.8) is 0 Å². The van der Waals surface area contributed by atoms with Gasteiger partial charge >= 0.3 is 0 Å². The van der Waals surface area contributed by atoms with Gasteiger partial charge in [-0.15, -0.1) is 0 Å². The summed E-state index contributed by atoms with van der Waals surface area (Å²) in [6.07, 6.45) is 2.42. The Balaban J connectivity index is 2.29. The number of aromatic nitrogens is 3. The minimum atomic E-state index is 0.195. The number of nitrogens with zero attached hydrogens (tertiary/aromatic N) is 3. The first kappa shape index (κ1) is 15.7. The number of aryl methyl sites for hydroxylation is 1. The fourth-order valence-corrected chi connectivity index (χ4v) is 3.10. The Morgan fingerprint density at radius 3 is 2.90 bits per heavy atom. The van der Waals surface area contributed by atoms with E-state index in [2.05, 4.69) is 51.8 Å². The third-order valence-corrected chi connectivity index (χ3v) is 4.38. The molecule has 0 saturated carbocycles. The minimum Gasteiger partial charge on any atom is -0.310 e. The molecule has 20 heavy (non-hydrogen) atoms. The lowest BCUT2D eigenvalue weighted by molar-refractivity contribution is 0.508. The van der Waals surface area contributed by atoms with Gasteiger partial charge in [0.2, 0.25) is 0 Å². The summed E-state index contributed by atoms with van der Waals surface area (Å²) in [6, 6.07) is 6.20. The van der Waals surface area contributed by atoms with E-state index in [4.69, 9.17) is 11.6 Å². The quantitative estimate of drug-likeness (QED) is 0.750. The van der Waals surface area contributed by atoms with E-state index in [0.29, 0.717) is 0 Å². The molecule has 4 nitrogen and oxygen atoms in total. The van der Waals surface area contributed by atoms with Gasteiger partial charge in [-0.3, -0.25) is 4.68 Å². The molecule has 2 rings (SSSR count). The molecule has 1 heterocycles. The first-order valence-electron chi connectivity index (χ1n) is 6.70. The van der Waals surface area contributed by atoms with E-state index >= 15 is 0 Å². The smallest absolute Gasteiger partial charge is 0.138 e. The lowest BCUT2D eigenvalue weighted by Gasteiger charge is -2.20. The van der Waals surface area contributed by atoms with Crippen LogP contribution in [0.25, 0.3) is 0 Å². The van der Waals surface area contributed by atoms with Gasteiger partial charge in [-0.1, -0.05) is 18.5 Å². The monoisotopic (exact) mass is 404 g/mol. The molecule has 0 spiro atoms. The normalized spacial score (nSPS) is 12.6. The molecule has 1 aromatic heterocycles. The molecule has 108 valence electrons. The number of rotatable bonds is 6. The average Bonchev–Trinajstić information content (AvgIpc) is 2.88. The molecule has 1 N–H and O–H groups in total. The number of benzene rings is 1. The number of halogens is 2. The van der Waals surface area contributed by atoms with E-state index < -0.39 is 0 Å². The lowest BCUT2D eigenvalue weighted by Crippen LogP contribution is -2.25. The highest BCUT2D eigenvalue weighted by Crippen LogP contribution is 2.26. The van der Waals surface area contributed by atoms with Crippen LogP contribution in [0.5, 0.6) is 0 Å². The lowest BCUT2D eigenvalue weighted by atomic mass is 10.0. The van der Waals surface area contributed by atoms with E-state index in [1.165, 1.54) is 9.13 Å². The Labute approximate surface area is 138 Å². The SMILES string of the molecule is CCNC(Cc1ncnn1CC)c1cc(Cl)ccc1I. The predicted octanol–water partition coefficient (Wildman–Crippen LogP) is 3.45. The summed E-state index contributed by atoms with van der Waals surface area (Å²) < 4.78 is 3.14.